The molecular formula is C15H22ClNO3. The quantitative estimate of drug-likeness (QED) is 0.751. The van der Waals surface area contributed by atoms with Crippen molar-refractivity contribution in [2.75, 3.05) is 26.3 Å². The Morgan fingerprint density at radius 1 is 1.45 bits per heavy atom. The van der Waals surface area contributed by atoms with Crippen LogP contribution in [0.2, 0.25) is 5.02 Å². The Morgan fingerprint density at radius 3 is 2.80 bits per heavy atom. The molecule has 4 nitrogen and oxygen atoms in total. The minimum absolute atomic E-state index is 0.000131. The van der Waals surface area contributed by atoms with E-state index < -0.39 is 0 Å². The molecule has 0 aliphatic rings. The molecule has 5 heteroatoms. The highest BCUT2D eigenvalue weighted by Crippen LogP contribution is 2.21. The van der Waals surface area contributed by atoms with E-state index in [2.05, 4.69) is 0 Å². The van der Waals surface area contributed by atoms with Crippen LogP contribution >= 0.6 is 11.6 Å². The Balaban J connectivity index is 2.30. The van der Waals surface area contributed by atoms with E-state index in [1.54, 1.807) is 11.0 Å². The first-order chi connectivity index (χ1) is 9.58. The van der Waals surface area contributed by atoms with Gasteiger partial charge < -0.3 is 14.7 Å². The zero-order chi connectivity index (χ0) is 15.0. The fraction of sp³-hybridized carbons (Fsp3) is 0.533. The van der Waals surface area contributed by atoms with Crippen LogP contribution in [0.4, 0.5) is 0 Å². The van der Waals surface area contributed by atoms with Gasteiger partial charge in [-0.3, -0.25) is 4.79 Å². The zero-order valence-corrected chi connectivity index (χ0v) is 12.8. The topological polar surface area (TPSA) is 49.8 Å². The Kier molecular flexibility index (Phi) is 7.41. The molecule has 0 aliphatic carbocycles. The average Bonchev–Trinajstić information content (AvgIpc) is 2.44. The van der Waals surface area contributed by atoms with Gasteiger partial charge in [-0.1, -0.05) is 11.6 Å². The van der Waals surface area contributed by atoms with Gasteiger partial charge in [0.05, 0.1) is 13.2 Å². The number of aryl methyl sites for hydroxylation is 1. The highest BCUT2D eigenvalue weighted by molar-refractivity contribution is 6.31. The molecule has 0 fully saturated rings. The van der Waals surface area contributed by atoms with Crippen molar-refractivity contribution in [3.63, 3.8) is 0 Å². The van der Waals surface area contributed by atoms with Crippen molar-refractivity contribution in [1.82, 2.24) is 4.90 Å². The van der Waals surface area contributed by atoms with Gasteiger partial charge in [0.2, 0.25) is 5.91 Å². The summed E-state index contributed by atoms with van der Waals surface area (Å²) in [6.07, 6.45) is 1.09. The maximum Gasteiger partial charge on any atom is 0.222 e. The second kappa shape index (κ2) is 8.82. The van der Waals surface area contributed by atoms with Crippen molar-refractivity contribution in [3.8, 4) is 5.75 Å². The molecule has 0 aliphatic heterocycles. The summed E-state index contributed by atoms with van der Waals surface area (Å²) in [5.74, 6) is 0.819. The van der Waals surface area contributed by atoms with Crippen LogP contribution in [0.5, 0.6) is 5.75 Å². The molecule has 1 aromatic rings. The van der Waals surface area contributed by atoms with E-state index in [1.807, 2.05) is 26.0 Å². The number of rotatable bonds is 8. The van der Waals surface area contributed by atoms with Crippen LogP contribution < -0.4 is 4.74 Å². The Labute approximate surface area is 125 Å². The van der Waals surface area contributed by atoms with Crippen LogP contribution in [0.1, 0.15) is 25.3 Å². The van der Waals surface area contributed by atoms with Crippen LogP contribution in [0.3, 0.4) is 0 Å². The summed E-state index contributed by atoms with van der Waals surface area (Å²) in [6.45, 7) is 5.33. The molecule has 0 bridgehead atoms. The van der Waals surface area contributed by atoms with Gasteiger partial charge in [-0.25, -0.2) is 0 Å². The fourth-order valence-electron chi connectivity index (χ4n) is 1.86. The summed E-state index contributed by atoms with van der Waals surface area (Å²) >= 11 is 5.94. The highest BCUT2D eigenvalue weighted by atomic mass is 35.5. The number of benzene rings is 1. The summed E-state index contributed by atoms with van der Waals surface area (Å²) in [5.41, 5.74) is 0.973. The first-order valence-electron chi connectivity index (χ1n) is 6.86. The molecule has 1 aromatic carbocycles. The summed E-state index contributed by atoms with van der Waals surface area (Å²) in [4.78, 5) is 13.5. The molecule has 0 saturated carbocycles. The smallest absolute Gasteiger partial charge is 0.222 e. The summed E-state index contributed by atoms with van der Waals surface area (Å²) < 4.78 is 5.59. The second-order valence-electron chi connectivity index (χ2n) is 4.56. The number of aliphatic hydroxyl groups excluding tert-OH is 1. The lowest BCUT2D eigenvalue weighted by atomic mass is 10.2. The van der Waals surface area contributed by atoms with Gasteiger partial charge in [0.25, 0.3) is 0 Å². The molecule has 20 heavy (non-hydrogen) atoms. The average molecular weight is 300 g/mol. The number of carbonyl (C=O) groups is 1. The van der Waals surface area contributed by atoms with Gasteiger partial charge in [-0.05, 0) is 44.0 Å². The Bertz CT molecular complexity index is 437. The van der Waals surface area contributed by atoms with Gasteiger partial charge >= 0.3 is 0 Å². The number of carbonyl (C=O) groups excluding carboxylic acids is 1. The number of hydrogen-bond donors (Lipinski definition) is 1. The van der Waals surface area contributed by atoms with Crippen molar-refractivity contribution >= 4 is 17.5 Å². The predicted octanol–water partition coefficient (Wildman–Crippen LogP) is 2.65. The van der Waals surface area contributed by atoms with E-state index in [4.69, 9.17) is 21.4 Å². The fourth-order valence-corrected chi connectivity index (χ4v) is 1.98. The molecular weight excluding hydrogens is 278 g/mol. The molecule has 1 N–H and O–H groups in total. The third-order valence-corrected chi connectivity index (χ3v) is 3.46. The molecule has 0 unspecified atom stereocenters. The molecule has 0 heterocycles. The maximum atomic E-state index is 11.8. The lowest BCUT2D eigenvalue weighted by molar-refractivity contribution is -0.131. The van der Waals surface area contributed by atoms with E-state index >= 15 is 0 Å². The minimum Gasteiger partial charge on any atom is -0.494 e. The van der Waals surface area contributed by atoms with Gasteiger partial charge in [0.15, 0.2) is 0 Å². The van der Waals surface area contributed by atoms with Crippen molar-refractivity contribution in [3.05, 3.63) is 28.8 Å². The lowest BCUT2D eigenvalue weighted by Gasteiger charge is -2.19. The highest BCUT2D eigenvalue weighted by Gasteiger charge is 2.10. The SMILES string of the molecule is CCN(CCO)C(=O)CCCOc1ccc(Cl)c(C)c1. The van der Waals surface area contributed by atoms with E-state index in [1.165, 1.54) is 0 Å². The second-order valence-corrected chi connectivity index (χ2v) is 4.97. The molecule has 0 radical (unpaired) electrons. The summed E-state index contributed by atoms with van der Waals surface area (Å²) in [5, 5.41) is 9.57. The van der Waals surface area contributed by atoms with Gasteiger partial charge in [-0.2, -0.15) is 0 Å². The zero-order valence-electron chi connectivity index (χ0n) is 12.1. The molecule has 1 amide bonds. The normalized spacial score (nSPS) is 10.4. The number of halogens is 1. The monoisotopic (exact) mass is 299 g/mol. The molecule has 0 saturated heterocycles. The van der Waals surface area contributed by atoms with Crippen LogP contribution in [0.15, 0.2) is 18.2 Å². The standard InChI is InChI=1S/C15H22ClNO3/c1-3-17(8-9-18)15(19)5-4-10-20-13-6-7-14(16)12(2)11-13/h6-7,11,18H,3-5,8-10H2,1-2H3. The van der Waals surface area contributed by atoms with Gasteiger partial charge in [0, 0.05) is 24.5 Å². The molecule has 0 aromatic heterocycles. The van der Waals surface area contributed by atoms with Crippen molar-refractivity contribution in [1.29, 1.82) is 0 Å². The minimum atomic E-state index is 0.000131. The van der Waals surface area contributed by atoms with Crippen LogP contribution in [0.25, 0.3) is 0 Å². The number of amides is 1. The van der Waals surface area contributed by atoms with Crippen LogP contribution in [-0.4, -0.2) is 42.2 Å². The first kappa shape index (κ1) is 16.8. The number of likely N-dealkylation sites (N-methyl/N-ethyl adjacent to an activating group) is 1. The van der Waals surface area contributed by atoms with Crippen molar-refractivity contribution in [2.45, 2.75) is 26.7 Å². The van der Waals surface area contributed by atoms with E-state index in [0.29, 0.717) is 32.5 Å². The van der Waals surface area contributed by atoms with Crippen molar-refractivity contribution < 1.29 is 14.6 Å². The number of aliphatic hydroxyl groups is 1. The number of ether oxygens (including phenoxy) is 1. The largest absolute Gasteiger partial charge is 0.494 e. The molecule has 0 spiro atoms. The third-order valence-electron chi connectivity index (χ3n) is 3.04. The molecule has 1 rings (SSSR count). The first-order valence-corrected chi connectivity index (χ1v) is 7.23. The molecule has 0 atom stereocenters. The molecule has 112 valence electrons. The maximum absolute atomic E-state index is 11.8. The number of hydrogen-bond acceptors (Lipinski definition) is 3. The van der Waals surface area contributed by atoms with Gasteiger partial charge in [0.1, 0.15) is 5.75 Å². The van der Waals surface area contributed by atoms with Gasteiger partial charge in [-0.15, -0.1) is 0 Å². The number of nitrogens with zero attached hydrogens (tertiary/aromatic N) is 1. The third kappa shape index (κ3) is 5.39. The van der Waals surface area contributed by atoms with E-state index in [0.717, 1.165) is 16.3 Å². The van der Waals surface area contributed by atoms with E-state index in [-0.39, 0.29) is 12.5 Å². The van der Waals surface area contributed by atoms with E-state index in [9.17, 15) is 4.79 Å². The van der Waals surface area contributed by atoms with Crippen LogP contribution in [-0.2, 0) is 4.79 Å². The van der Waals surface area contributed by atoms with Crippen molar-refractivity contribution in [2.24, 2.45) is 0 Å². The Hall–Kier alpha value is -1.26. The predicted molar refractivity (Wildman–Crippen MR) is 80.3 cm³/mol. The summed E-state index contributed by atoms with van der Waals surface area (Å²) in [7, 11) is 0. The Morgan fingerprint density at radius 2 is 2.20 bits per heavy atom. The van der Waals surface area contributed by atoms with Crippen LogP contribution in [0, 0.1) is 6.92 Å². The summed E-state index contributed by atoms with van der Waals surface area (Å²) in [6, 6.07) is 5.51. The lowest BCUT2D eigenvalue weighted by Crippen LogP contribution is -2.33.